The van der Waals surface area contributed by atoms with Crippen LogP contribution in [0.15, 0.2) is 18.2 Å². The molecule has 1 aromatic carbocycles. The molecular weight excluding hydrogens is 240 g/mol. The summed E-state index contributed by atoms with van der Waals surface area (Å²) in [5.74, 6) is 0. The Kier molecular flexibility index (Phi) is 3.87. The number of halogens is 1. The molecule has 3 N–H and O–H groups in total. The van der Waals surface area contributed by atoms with E-state index in [2.05, 4.69) is 11.6 Å². The molecule has 0 aromatic heterocycles. The monoisotopic (exact) mass is 256 g/mol. The molecule has 2 rings (SSSR count). The lowest BCUT2D eigenvalue weighted by Gasteiger charge is -2.16. The van der Waals surface area contributed by atoms with Crippen LogP contribution in [0.3, 0.4) is 0 Å². The first-order valence-electron chi connectivity index (χ1n) is 5.53. The van der Waals surface area contributed by atoms with Crippen LogP contribution in [-0.4, -0.2) is 17.5 Å². The number of nitrogen functional groups attached to an aromatic ring is 1. The van der Waals surface area contributed by atoms with Crippen LogP contribution in [0, 0.1) is 0 Å². The van der Waals surface area contributed by atoms with Gasteiger partial charge in [-0.3, -0.25) is 0 Å². The normalized spacial score (nSPS) is 24.6. The molecule has 2 atom stereocenters. The second-order valence-corrected chi connectivity index (χ2v) is 5.82. The first-order valence-corrected chi connectivity index (χ1v) is 7.20. The van der Waals surface area contributed by atoms with Crippen molar-refractivity contribution in [1.82, 2.24) is 0 Å². The van der Waals surface area contributed by atoms with Crippen molar-refractivity contribution < 1.29 is 0 Å². The van der Waals surface area contributed by atoms with Crippen LogP contribution in [0.1, 0.15) is 19.3 Å². The number of nitrogens with two attached hydrogens (primary N) is 1. The fourth-order valence-corrected chi connectivity index (χ4v) is 3.13. The van der Waals surface area contributed by atoms with Gasteiger partial charge in [0.05, 0.1) is 11.4 Å². The molecule has 88 valence electrons. The molecule has 2 unspecified atom stereocenters. The third-order valence-corrected chi connectivity index (χ3v) is 4.42. The number of benzene rings is 1. The van der Waals surface area contributed by atoms with E-state index in [0.29, 0.717) is 6.04 Å². The van der Waals surface area contributed by atoms with Gasteiger partial charge in [-0.15, -0.1) is 0 Å². The number of anilines is 2. The van der Waals surface area contributed by atoms with Gasteiger partial charge >= 0.3 is 0 Å². The van der Waals surface area contributed by atoms with Crippen LogP contribution in [0.25, 0.3) is 0 Å². The summed E-state index contributed by atoms with van der Waals surface area (Å²) in [6.45, 7) is 0. The van der Waals surface area contributed by atoms with Crippen LogP contribution in [0.2, 0.25) is 5.02 Å². The number of rotatable bonds is 3. The highest BCUT2D eigenvalue weighted by molar-refractivity contribution is 7.99. The molecule has 4 heteroatoms. The second kappa shape index (κ2) is 5.19. The van der Waals surface area contributed by atoms with Crippen molar-refractivity contribution in [2.45, 2.75) is 30.6 Å². The Balaban J connectivity index is 2.01. The van der Waals surface area contributed by atoms with E-state index in [-0.39, 0.29) is 0 Å². The maximum absolute atomic E-state index is 5.96. The summed E-state index contributed by atoms with van der Waals surface area (Å²) in [6, 6.07) is 6.12. The van der Waals surface area contributed by atoms with Gasteiger partial charge in [-0.2, -0.15) is 11.8 Å². The molecule has 0 saturated heterocycles. The quantitative estimate of drug-likeness (QED) is 0.812. The predicted molar refractivity (Wildman–Crippen MR) is 74.4 cm³/mol. The van der Waals surface area contributed by atoms with Gasteiger partial charge in [-0.05, 0) is 43.7 Å². The summed E-state index contributed by atoms with van der Waals surface area (Å²) in [4.78, 5) is 0. The highest BCUT2D eigenvalue weighted by atomic mass is 35.5. The topological polar surface area (TPSA) is 38.0 Å². The average Bonchev–Trinajstić information content (AvgIpc) is 2.71. The Hall–Kier alpha value is -0.540. The van der Waals surface area contributed by atoms with Crippen molar-refractivity contribution >= 4 is 34.7 Å². The number of hydrogen-bond acceptors (Lipinski definition) is 3. The zero-order valence-electron chi connectivity index (χ0n) is 9.37. The first-order chi connectivity index (χ1) is 7.69. The molecule has 0 aliphatic heterocycles. The molecule has 1 aliphatic rings. The minimum Gasteiger partial charge on any atom is -0.397 e. The van der Waals surface area contributed by atoms with Gasteiger partial charge in [0.15, 0.2) is 0 Å². The standard InChI is InChI=1S/C12H17ClN2S/c1-16-10-4-3-9(7-10)15-12-6-8(13)2-5-11(12)14/h2,5-6,9-10,15H,3-4,7,14H2,1H3. The second-order valence-electron chi connectivity index (χ2n) is 4.24. The highest BCUT2D eigenvalue weighted by Crippen LogP contribution is 2.32. The van der Waals surface area contributed by atoms with Crippen LogP contribution in [0.5, 0.6) is 0 Å². The van der Waals surface area contributed by atoms with E-state index >= 15 is 0 Å². The van der Waals surface area contributed by atoms with Crippen LogP contribution in [0.4, 0.5) is 11.4 Å². The van der Waals surface area contributed by atoms with Gasteiger partial charge in [0.2, 0.25) is 0 Å². The smallest absolute Gasteiger partial charge is 0.0591 e. The van der Waals surface area contributed by atoms with E-state index in [0.717, 1.165) is 21.6 Å². The lowest BCUT2D eigenvalue weighted by molar-refractivity contribution is 0.757. The van der Waals surface area contributed by atoms with Crippen molar-refractivity contribution in [1.29, 1.82) is 0 Å². The van der Waals surface area contributed by atoms with E-state index in [9.17, 15) is 0 Å². The van der Waals surface area contributed by atoms with Gasteiger partial charge < -0.3 is 11.1 Å². The minimum atomic E-state index is 0.540. The Morgan fingerprint density at radius 3 is 2.94 bits per heavy atom. The minimum absolute atomic E-state index is 0.540. The first kappa shape index (κ1) is 11.9. The van der Waals surface area contributed by atoms with Gasteiger partial charge in [0.25, 0.3) is 0 Å². The summed E-state index contributed by atoms with van der Waals surface area (Å²) >= 11 is 7.92. The third-order valence-electron chi connectivity index (χ3n) is 3.09. The van der Waals surface area contributed by atoms with Crippen LogP contribution in [-0.2, 0) is 0 Å². The maximum atomic E-state index is 5.96. The zero-order chi connectivity index (χ0) is 11.5. The van der Waals surface area contributed by atoms with E-state index in [1.54, 1.807) is 0 Å². The molecule has 0 bridgehead atoms. The SMILES string of the molecule is CSC1CCC(Nc2cc(Cl)ccc2N)C1. The molecule has 0 radical (unpaired) electrons. The summed E-state index contributed by atoms with van der Waals surface area (Å²) in [5, 5.41) is 5.01. The maximum Gasteiger partial charge on any atom is 0.0591 e. The molecule has 16 heavy (non-hydrogen) atoms. The average molecular weight is 257 g/mol. The summed E-state index contributed by atoms with van der Waals surface area (Å²) in [7, 11) is 0. The van der Waals surface area contributed by atoms with Gasteiger partial charge in [0.1, 0.15) is 0 Å². The lowest BCUT2D eigenvalue weighted by Crippen LogP contribution is -2.16. The van der Waals surface area contributed by atoms with Crippen molar-refractivity contribution in [2.75, 3.05) is 17.3 Å². The Bertz CT molecular complexity index is 370. The largest absolute Gasteiger partial charge is 0.397 e. The fraction of sp³-hybridized carbons (Fsp3) is 0.500. The lowest BCUT2D eigenvalue weighted by atomic mass is 10.2. The number of thioether (sulfide) groups is 1. The summed E-state index contributed by atoms with van der Waals surface area (Å²) < 4.78 is 0. The van der Waals surface area contributed by atoms with Crippen molar-refractivity contribution in [3.63, 3.8) is 0 Å². The van der Waals surface area contributed by atoms with E-state index in [4.69, 9.17) is 17.3 Å². The van der Waals surface area contributed by atoms with Crippen molar-refractivity contribution in [3.05, 3.63) is 23.2 Å². The molecule has 0 heterocycles. The molecule has 1 aliphatic carbocycles. The fourth-order valence-electron chi connectivity index (χ4n) is 2.16. The summed E-state index contributed by atoms with van der Waals surface area (Å²) in [5.41, 5.74) is 7.65. The summed E-state index contributed by atoms with van der Waals surface area (Å²) in [6.07, 6.45) is 5.91. The molecule has 1 saturated carbocycles. The van der Waals surface area contributed by atoms with Crippen LogP contribution >= 0.6 is 23.4 Å². The number of hydrogen-bond donors (Lipinski definition) is 2. The van der Waals surface area contributed by atoms with Gasteiger partial charge in [0, 0.05) is 16.3 Å². The molecular formula is C12H17ClN2S. The zero-order valence-corrected chi connectivity index (χ0v) is 10.9. The molecule has 1 aromatic rings. The molecule has 2 nitrogen and oxygen atoms in total. The molecule has 0 spiro atoms. The molecule has 0 amide bonds. The third kappa shape index (κ3) is 2.77. The van der Waals surface area contributed by atoms with Crippen LogP contribution < -0.4 is 11.1 Å². The van der Waals surface area contributed by atoms with Gasteiger partial charge in [-0.25, -0.2) is 0 Å². The van der Waals surface area contributed by atoms with E-state index in [1.165, 1.54) is 19.3 Å². The highest BCUT2D eigenvalue weighted by Gasteiger charge is 2.23. The Morgan fingerprint density at radius 1 is 1.44 bits per heavy atom. The van der Waals surface area contributed by atoms with Gasteiger partial charge in [-0.1, -0.05) is 11.6 Å². The Morgan fingerprint density at radius 2 is 2.25 bits per heavy atom. The van der Waals surface area contributed by atoms with E-state index < -0.39 is 0 Å². The predicted octanol–water partition coefficient (Wildman–Crippen LogP) is 3.62. The number of nitrogens with one attached hydrogen (secondary N) is 1. The van der Waals surface area contributed by atoms with Crippen molar-refractivity contribution in [3.8, 4) is 0 Å². The van der Waals surface area contributed by atoms with Crippen molar-refractivity contribution in [2.24, 2.45) is 0 Å². The van der Waals surface area contributed by atoms with E-state index in [1.807, 2.05) is 30.0 Å². The Labute approximate surface area is 106 Å². The molecule has 1 fully saturated rings.